The third-order valence-electron chi connectivity index (χ3n) is 13.5. The molecule has 5 aromatic rings. The van der Waals surface area contributed by atoms with Crippen LogP contribution >= 0.6 is 22.7 Å². The minimum absolute atomic E-state index is 0.0141. The quantitative estimate of drug-likeness (QED) is 0.102. The zero-order chi connectivity index (χ0) is 50.2. The smallest absolute Gasteiger partial charge is 0.246 e. The fourth-order valence-electron chi connectivity index (χ4n) is 9.68. The van der Waals surface area contributed by atoms with Crippen LogP contribution in [0.5, 0.6) is 0 Å². The molecule has 1 aliphatic carbocycles. The largest absolute Gasteiger partial charge is 0.370 e. The van der Waals surface area contributed by atoms with Crippen molar-refractivity contribution in [1.82, 2.24) is 51.5 Å². The van der Waals surface area contributed by atoms with E-state index in [9.17, 15) is 28.8 Å². The summed E-state index contributed by atoms with van der Waals surface area (Å²) in [5.41, 5.74) is 19.6. The Bertz CT molecular complexity index is 2750. The van der Waals surface area contributed by atoms with Gasteiger partial charge in [-0.15, -0.1) is 27.8 Å². The van der Waals surface area contributed by atoms with Gasteiger partial charge in [0, 0.05) is 52.8 Å². The van der Waals surface area contributed by atoms with Crippen molar-refractivity contribution in [1.29, 1.82) is 0 Å². The van der Waals surface area contributed by atoms with Crippen molar-refractivity contribution >= 4 is 80.8 Å². The van der Waals surface area contributed by atoms with Crippen molar-refractivity contribution in [2.45, 2.75) is 119 Å². The maximum absolute atomic E-state index is 15.4. The Morgan fingerprint density at radius 3 is 2.28 bits per heavy atom. The number of para-hydroxylation sites is 1. The first kappa shape index (κ1) is 50.4. The number of fused-ring (bicyclic) bond motifs is 2. The predicted molar refractivity (Wildman–Crippen MR) is 265 cm³/mol. The molecule has 8 amide bonds. The highest BCUT2D eigenvalue weighted by Gasteiger charge is 2.46. The van der Waals surface area contributed by atoms with Crippen LogP contribution in [0.25, 0.3) is 31.2 Å². The summed E-state index contributed by atoms with van der Waals surface area (Å²) >= 11 is 3.17. The lowest BCUT2D eigenvalue weighted by molar-refractivity contribution is -0.144. The van der Waals surface area contributed by atoms with Crippen LogP contribution in [-0.2, 0) is 44.8 Å². The lowest BCUT2D eigenvalue weighted by Gasteiger charge is -2.35. The van der Waals surface area contributed by atoms with E-state index >= 15 is 9.59 Å². The van der Waals surface area contributed by atoms with Gasteiger partial charge < -0.3 is 53.7 Å². The number of hydrogen-bond acceptors (Lipinski definition) is 13. The number of carbonyl (C=O) groups is 8. The molecule has 0 spiro atoms. The molecule has 7 atom stereocenters. The Kier molecular flexibility index (Phi) is 16.2. The van der Waals surface area contributed by atoms with Gasteiger partial charge in [0.25, 0.3) is 0 Å². The molecule has 2 saturated heterocycles. The molecule has 4 aromatic heterocycles. The Hall–Kier alpha value is -6.98. The molecule has 3 fully saturated rings. The highest BCUT2D eigenvalue weighted by molar-refractivity contribution is 7.23. The molecule has 6 heterocycles. The number of H-pyrrole nitrogens is 1. The molecule has 71 heavy (non-hydrogen) atoms. The summed E-state index contributed by atoms with van der Waals surface area (Å²) in [5, 5.41) is 25.4. The fourth-order valence-corrected chi connectivity index (χ4v) is 11.5. The molecule has 1 aromatic carbocycles. The summed E-state index contributed by atoms with van der Waals surface area (Å²) in [4.78, 5) is 118. The third kappa shape index (κ3) is 12.3. The summed E-state index contributed by atoms with van der Waals surface area (Å²) in [6, 6.07) is 6.99. The molecular formula is C48H59N13O8S2. The first-order chi connectivity index (χ1) is 34.2. The molecule has 23 heteroatoms. The lowest BCUT2D eigenvalue weighted by Crippen LogP contribution is -2.61. The standard InChI is InChI=1S/C48H59N13O8S2/c49-30-21-41(63)52-17-7-6-13-32(43(51)64)54-45(66)33(19-27-23-53-31-12-5-4-11-29(27)31)56-47(68)36-20-28(61-25-35(58-59-61)37-15-16-39(71-37)38-14-8-18-70-38)24-60(36)48(69)42(26-9-2-1-3-10-26)57-46(67)34(22-40(50)62)55-44(30)65/h4-5,8,11-12,14-16,18,23,25-26,28,30,32-34,36,42,53H,1-3,6-7,9-10,13,17,19-22,24,49H2,(H2,50,62)(H2,51,64)(H,52,63)(H,54,66)(H,55,65)(H,56,68)(H,57,67)/t28-,30-,32-,33-,34?,36-,42-/m0/s1. The van der Waals surface area contributed by atoms with Crippen LogP contribution < -0.4 is 43.8 Å². The maximum Gasteiger partial charge on any atom is 0.246 e. The number of nitrogens with one attached hydrogen (secondary N) is 6. The molecular weight excluding hydrogens is 951 g/mol. The first-order valence-corrected chi connectivity index (χ1v) is 25.6. The average molecular weight is 1010 g/mol. The minimum atomic E-state index is -1.56. The van der Waals surface area contributed by atoms with E-state index in [0.29, 0.717) is 36.9 Å². The van der Waals surface area contributed by atoms with Crippen molar-refractivity contribution in [2.24, 2.45) is 23.1 Å². The fraction of sp³-hybridized carbons (Fsp3) is 0.458. The van der Waals surface area contributed by atoms with E-state index in [1.54, 1.807) is 39.7 Å². The van der Waals surface area contributed by atoms with Crippen LogP contribution in [0.15, 0.2) is 66.3 Å². The van der Waals surface area contributed by atoms with E-state index in [1.807, 2.05) is 53.9 Å². The molecule has 8 rings (SSSR count). The molecule has 376 valence electrons. The Labute approximate surface area is 416 Å². The van der Waals surface area contributed by atoms with Gasteiger partial charge >= 0.3 is 0 Å². The summed E-state index contributed by atoms with van der Waals surface area (Å²) in [6.07, 6.45) is 6.72. The van der Waals surface area contributed by atoms with Crippen LogP contribution in [0.2, 0.25) is 0 Å². The first-order valence-electron chi connectivity index (χ1n) is 23.9. The van der Waals surface area contributed by atoms with Crippen molar-refractivity contribution in [3.8, 4) is 20.3 Å². The zero-order valence-electron chi connectivity index (χ0n) is 39.0. The van der Waals surface area contributed by atoms with Crippen LogP contribution in [0.4, 0.5) is 0 Å². The molecule has 12 N–H and O–H groups in total. The number of primary amides is 2. The molecule has 21 nitrogen and oxygen atoms in total. The van der Waals surface area contributed by atoms with Gasteiger partial charge in [0.05, 0.1) is 36.0 Å². The topological polar surface area (TPSA) is 325 Å². The summed E-state index contributed by atoms with van der Waals surface area (Å²) in [7, 11) is 0. The number of aromatic nitrogens is 4. The van der Waals surface area contributed by atoms with E-state index in [2.05, 4.69) is 41.9 Å². The van der Waals surface area contributed by atoms with Crippen LogP contribution in [0, 0.1) is 5.92 Å². The van der Waals surface area contributed by atoms with Crippen molar-refractivity contribution in [3.05, 3.63) is 71.9 Å². The average Bonchev–Trinajstić information content (AvgIpc) is 4.22. The summed E-state index contributed by atoms with van der Waals surface area (Å²) < 4.78 is 1.62. The second kappa shape index (κ2) is 22.8. The molecule has 3 aliphatic rings. The monoisotopic (exact) mass is 1010 g/mol. The molecule has 1 unspecified atom stereocenters. The highest BCUT2D eigenvalue weighted by atomic mass is 32.1. The second-order valence-electron chi connectivity index (χ2n) is 18.5. The number of amides is 8. The number of rotatable bonds is 9. The van der Waals surface area contributed by atoms with Gasteiger partial charge in [-0.25, -0.2) is 4.68 Å². The van der Waals surface area contributed by atoms with Gasteiger partial charge in [-0.2, -0.15) is 0 Å². The van der Waals surface area contributed by atoms with E-state index < -0.39 is 108 Å². The van der Waals surface area contributed by atoms with Crippen LogP contribution in [0.3, 0.4) is 0 Å². The SMILES string of the molecule is NC(=O)CC1NC(=O)[C@@H](N)CC(=O)NCCCC[C@@H](C(N)=O)NC(=O)[C@H](Cc2c[nH]c3ccccc23)NC(=O)[C@@H]2C[C@H](n3cc(-c4ccc(-c5cccs5)s4)nn3)CN2C(=O)[C@H](C2CCCCC2)NC1=O. The number of hydrogen-bond donors (Lipinski definition) is 9. The number of benzene rings is 1. The van der Waals surface area contributed by atoms with Gasteiger partial charge in [0.1, 0.15) is 35.9 Å². The lowest BCUT2D eigenvalue weighted by atomic mass is 9.83. The van der Waals surface area contributed by atoms with Gasteiger partial charge in [-0.1, -0.05) is 48.7 Å². The van der Waals surface area contributed by atoms with Crippen molar-refractivity contribution in [2.75, 3.05) is 13.1 Å². The van der Waals surface area contributed by atoms with E-state index in [4.69, 9.17) is 17.2 Å². The number of nitrogens with two attached hydrogens (primary N) is 3. The molecule has 1 saturated carbocycles. The van der Waals surface area contributed by atoms with Gasteiger partial charge in [0.15, 0.2) is 0 Å². The zero-order valence-corrected chi connectivity index (χ0v) is 40.6. The van der Waals surface area contributed by atoms with Crippen LogP contribution in [0.1, 0.15) is 82.2 Å². The number of nitrogens with zero attached hydrogens (tertiary/aromatic N) is 4. The van der Waals surface area contributed by atoms with E-state index in [0.717, 1.165) is 44.8 Å². The summed E-state index contributed by atoms with van der Waals surface area (Å²) in [6.45, 7) is 0.0829. The van der Waals surface area contributed by atoms with Crippen LogP contribution in [-0.4, -0.2) is 121 Å². The molecule has 2 aliphatic heterocycles. The van der Waals surface area contributed by atoms with Crippen molar-refractivity contribution in [3.63, 3.8) is 0 Å². The maximum atomic E-state index is 15.4. The number of carbonyl (C=O) groups excluding carboxylic acids is 8. The molecule has 0 radical (unpaired) electrons. The number of thiophene rings is 2. The Balaban J connectivity index is 1.16. The second-order valence-corrected chi connectivity index (χ2v) is 20.5. The predicted octanol–water partition coefficient (Wildman–Crippen LogP) is 1.50. The molecule has 0 bridgehead atoms. The Morgan fingerprint density at radius 2 is 1.52 bits per heavy atom. The minimum Gasteiger partial charge on any atom is -0.370 e. The van der Waals surface area contributed by atoms with E-state index in [1.165, 1.54) is 4.90 Å². The highest BCUT2D eigenvalue weighted by Crippen LogP contribution is 2.37. The van der Waals surface area contributed by atoms with Gasteiger partial charge in [-0.3, -0.25) is 38.4 Å². The van der Waals surface area contributed by atoms with Crippen molar-refractivity contribution < 1.29 is 38.4 Å². The normalized spacial score (nSPS) is 25.1. The Morgan fingerprint density at radius 1 is 0.775 bits per heavy atom. The van der Waals surface area contributed by atoms with Gasteiger partial charge in [-0.05, 0) is 73.2 Å². The van der Waals surface area contributed by atoms with E-state index in [-0.39, 0.29) is 32.4 Å². The third-order valence-corrected chi connectivity index (χ3v) is 15.6. The number of aromatic amines is 1. The summed E-state index contributed by atoms with van der Waals surface area (Å²) in [5.74, 6) is -6.46. The van der Waals surface area contributed by atoms with Gasteiger partial charge in [0.2, 0.25) is 47.3 Å².